The fraction of sp³-hybridized carbons (Fsp3) is 0.125. The van der Waals surface area contributed by atoms with Crippen LogP contribution >= 0.6 is 0 Å². The van der Waals surface area contributed by atoms with Crippen molar-refractivity contribution in [1.82, 2.24) is 10.9 Å². The number of phenolic OH excluding ortho intramolecular Hbond substituents is 1. The van der Waals surface area contributed by atoms with Gasteiger partial charge in [0.25, 0.3) is 5.91 Å². The Morgan fingerprint density at radius 2 is 1.71 bits per heavy atom. The quantitative estimate of drug-likeness (QED) is 0.729. The number of para-hydroxylation sites is 1. The highest BCUT2D eigenvalue weighted by Gasteiger charge is 2.11. The second-order valence-corrected chi connectivity index (χ2v) is 4.72. The van der Waals surface area contributed by atoms with Crippen molar-refractivity contribution in [3.8, 4) is 11.5 Å². The van der Waals surface area contributed by atoms with E-state index in [9.17, 15) is 23.5 Å². The number of benzene rings is 2. The van der Waals surface area contributed by atoms with Crippen molar-refractivity contribution in [1.29, 1.82) is 0 Å². The molecule has 0 saturated heterocycles. The monoisotopic (exact) mass is 336 g/mol. The molecule has 2 aromatic rings. The molecule has 0 aliphatic heterocycles. The minimum Gasteiger partial charge on any atom is -0.507 e. The van der Waals surface area contributed by atoms with E-state index in [0.717, 1.165) is 0 Å². The number of phenols is 1. The molecule has 2 rings (SSSR count). The van der Waals surface area contributed by atoms with E-state index < -0.39 is 18.4 Å². The van der Waals surface area contributed by atoms with Gasteiger partial charge >= 0.3 is 6.61 Å². The lowest BCUT2D eigenvalue weighted by molar-refractivity contribution is -0.121. The molecule has 0 saturated carbocycles. The van der Waals surface area contributed by atoms with Crippen molar-refractivity contribution in [2.75, 3.05) is 0 Å². The first-order valence-corrected chi connectivity index (χ1v) is 6.86. The maximum absolute atomic E-state index is 12.0. The minimum atomic E-state index is -2.91. The molecular formula is C16H14F2N2O4. The van der Waals surface area contributed by atoms with Gasteiger partial charge < -0.3 is 9.84 Å². The summed E-state index contributed by atoms with van der Waals surface area (Å²) >= 11 is 0. The van der Waals surface area contributed by atoms with Gasteiger partial charge in [-0.15, -0.1) is 0 Å². The molecule has 6 nitrogen and oxygen atoms in total. The lowest BCUT2D eigenvalue weighted by atomic mass is 10.1. The van der Waals surface area contributed by atoms with Gasteiger partial charge in [-0.05, 0) is 29.8 Å². The zero-order valence-corrected chi connectivity index (χ0v) is 12.3. The molecule has 0 radical (unpaired) electrons. The summed E-state index contributed by atoms with van der Waals surface area (Å²) in [6.07, 6.45) is -0.0734. The van der Waals surface area contributed by atoms with Gasteiger partial charge in [0.1, 0.15) is 11.5 Å². The van der Waals surface area contributed by atoms with Crippen molar-refractivity contribution < 1.29 is 28.2 Å². The van der Waals surface area contributed by atoms with Crippen LogP contribution in [0.1, 0.15) is 15.9 Å². The van der Waals surface area contributed by atoms with Crippen LogP contribution in [-0.4, -0.2) is 23.5 Å². The molecule has 0 atom stereocenters. The number of carbonyl (C=O) groups is 2. The average molecular weight is 336 g/mol. The summed E-state index contributed by atoms with van der Waals surface area (Å²) in [7, 11) is 0. The van der Waals surface area contributed by atoms with Gasteiger partial charge in [-0.1, -0.05) is 24.3 Å². The third-order valence-corrected chi connectivity index (χ3v) is 2.98. The van der Waals surface area contributed by atoms with Crippen molar-refractivity contribution in [2.45, 2.75) is 13.0 Å². The Kier molecular flexibility index (Phi) is 5.67. The van der Waals surface area contributed by atoms with Gasteiger partial charge in [0.2, 0.25) is 5.91 Å². The van der Waals surface area contributed by atoms with Crippen molar-refractivity contribution >= 4 is 11.8 Å². The van der Waals surface area contributed by atoms with Gasteiger partial charge in [0.15, 0.2) is 0 Å². The zero-order valence-electron chi connectivity index (χ0n) is 12.3. The van der Waals surface area contributed by atoms with Crippen LogP contribution in [0.2, 0.25) is 0 Å². The number of ether oxygens (including phenoxy) is 1. The number of alkyl halides is 2. The Balaban J connectivity index is 1.85. The Bertz CT molecular complexity index is 720. The van der Waals surface area contributed by atoms with Crippen LogP contribution in [0, 0.1) is 0 Å². The first kappa shape index (κ1) is 17.2. The number of hydrogen-bond donors (Lipinski definition) is 3. The normalized spacial score (nSPS) is 10.3. The fourth-order valence-corrected chi connectivity index (χ4v) is 1.88. The van der Waals surface area contributed by atoms with Gasteiger partial charge in [0, 0.05) is 0 Å². The summed E-state index contributed by atoms with van der Waals surface area (Å²) in [5, 5.41) is 9.53. The van der Waals surface area contributed by atoms with E-state index in [1.165, 1.54) is 36.4 Å². The molecule has 126 valence electrons. The Morgan fingerprint density at radius 3 is 2.33 bits per heavy atom. The average Bonchev–Trinajstić information content (AvgIpc) is 2.54. The molecule has 0 bridgehead atoms. The molecule has 0 aliphatic carbocycles. The highest BCUT2D eigenvalue weighted by molar-refractivity contribution is 5.97. The Labute approximate surface area is 136 Å². The van der Waals surface area contributed by atoms with Crippen molar-refractivity contribution in [3.63, 3.8) is 0 Å². The standard InChI is InChI=1S/C16H14F2N2O4/c17-16(18)24-11-7-5-10(6-8-11)9-14(22)19-20-15(23)12-3-1-2-4-13(12)21/h1-8,16,21H,9H2,(H,19,22)(H,20,23). The van der Waals surface area contributed by atoms with Crippen LogP contribution in [0.15, 0.2) is 48.5 Å². The second-order valence-electron chi connectivity index (χ2n) is 4.72. The van der Waals surface area contributed by atoms with Crippen molar-refractivity contribution in [3.05, 3.63) is 59.7 Å². The SMILES string of the molecule is O=C(Cc1ccc(OC(F)F)cc1)NNC(=O)c1ccccc1O. The highest BCUT2D eigenvalue weighted by Crippen LogP contribution is 2.16. The first-order valence-electron chi connectivity index (χ1n) is 6.86. The van der Waals surface area contributed by atoms with Crippen LogP contribution in [0.5, 0.6) is 11.5 Å². The predicted octanol–water partition coefficient (Wildman–Crippen LogP) is 2.00. The molecule has 0 unspecified atom stereocenters. The molecule has 24 heavy (non-hydrogen) atoms. The molecule has 8 heteroatoms. The Hall–Kier alpha value is -3.16. The topological polar surface area (TPSA) is 87.7 Å². The van der Waals surface area contributed by atoms with E-state index >= 15 is 0 Å². The molecule has 2 aromatic carbocycles. The van der Waals surface area contributed by atoms with Crippen LogP contribution in [0.25, 0.3) is 0 Å². The van der Waals surface area contributed by atoms with Crippen LogP contribution in [0.3, 0.4) is 0 Å². The lowest BCUT2D eigenvalue weighted by Crippen LogP contribution is -2.42. The molecule has 0 spiro atoms. The third-order valence-electron chi connectivity index (χ3n) is 2.98. The van der Waals surface area contributed by atoms with Gasteiger partial charge in [-0.25, -0.2) is 0 Å². The maximum atomic E-state index is 12.0. The van der Waals surface area contributed by atoms with Gasteiger partial charge in [-0.2, -0.15) is 8.78 Å². The molecule has 0 heterocycles. The summed E-state index contributed by atoms with van der Waals surface area (Å²) in [5.74, 6) is -1.40. The van der Waals surface area contributed by atoms with E-state index in [1.54, 1.807) is 12.1 Å². The number of halogens is 2. The molecule has 2 amide bonds. The zero-order chi connectivity index (χ0) is 17.5. The smallest absolute Gasteiger partial charge is 0.387 e. The molecule has 0 aliphatic rings. The van der Waals surface area contributed by atoms with Crippen LogP contribution < -0.4 is 15.6 Å². The number of aromatic hydroxyl groups is 1. The molecular weight excluding hydrogens is 322 g/mol. The molecule has 3 N–H and O–H groups in total. The van der Waals surface area contributed by atoms with E-state index in [0.29, 0.717) is 5.56 Å². The second kappa shape index (κ2) is 7.91. The van der Waals surface area contributed by atoms with E-state index in [1.807, 2.05) is 0 Å². The number of amides is 2. The number of nitrogens with one attached hydrogen (secondary N) is 2. The largest absolute Gasteiger partial charge is 0.507 e. The summed E-state index contributed by atoms with van der Waals surface area (Å²) < 4.78 is 28.3. The summed E-state index contributed by atoms with van der Waals surface area (Å²) in [5.41, 5.74) is 4.94. The minimum absolute atomic E-state index is 0.0120. The highest BCUT2D eigenvalue weighted by atomic mass is 19.3. The van der Waals surface area contributed by atoms with Gasteiger partial charge in [-0.3, -0.25) is 20.4 Å². The van der Waals surface area contributed by atoms with Crippen molar-refractivity contribution in [2.24, 2.45) is 0 Å². The predicted molar refractivity (Wildman–Crippen MR) is 80.5 cm³/mol. The van der Waals surface area contributed by atoms with Gasteiger partial charge in [0.05, 0.1) is 12.0 Å². The summed E-state index contributed by atoms with van der Waals surface area (Å²) in [6, 6.07) is 11.4. The number of hydrazine groups is 1. The number of rotatable bonds is 5. The third kappa shape index (κ3) is 4.94. The lowest BCUT2D eigenvalue weighted by Gasteiger charge is -2.09. The maximum Gasteiger partial charge on any atom is 0.387 e. The van der Waals surface area contributed by atoms with E-state index in [-0.39, 0.29) is 23.5 Å². The van der Waals surface area contributed by atoms with E-state index in [2.05, 4.69) is 15.6 Å². The summed E-state index contributed by atoms with van der Waals surface area (Å²) in [4.78, 5) is 23.6. The first-order chi connectivity index (χ1) is 11.5. The van der Waals surface area contributed by atoms with Crippen LogP contribution in [0.4, 0.5) is 8.78 Å². The van der Waals surface area contributed by atoms with E-state index in [4.69, 9.17) is 0 Å². The fourth-order valence-electron chi connectivity index (χ4n) is 1.88. The number of hydrogen-bond acceptors (Lipinski definition) is 4. The Morgan fingerprint density at radius 1 is 1.04 bits per heavy atom. The number of carbonyl (C=O) groups excluding carboxylic acids is 2. The molecule has 0 fully saturated rings. The summed E-state index contributed by atoms with van der Waals surface area (Å²) in [6.45, 7) is -2.91. The van der Waals surface area contributed by atoms with Crippen LogP contribution in [-0.2, 0) is 11.2 Å². The molecule has 0 aromatic heterocycles.